The van der Waals surface area contributed by atoms with Crippen LogP contribution in [0, 0.1) is 0 Å². The van der Waals surface area contributed by atoms with E-state index in [2.05, 4.69) is 29.6 Å². The van der Waals surface area contributed by atoms with Crippen LogP contribution < -0.4 is 10.1 Å². The Balaban J connectivity index is 1.38. The summed E-state index contributed by atoms with van der Waals surface area (Å²) in [6.07, 6.45) is 4.88. The highest BCUT2D eigenvalue weighted by Gasteiger charge is 2.15. The second-order valence-corrected chi connectivity index (χ2v) is 8.20. The van der Waals surface area contributed by atoms with Crippen molar-refractivity contribution in [2.75, 3.05) is 13.2 Å². The third kappa shape index (κ3) is 8.30. The summed E-state index contributed by atoms with van der Waals surface area (Å²) in [6.45, 7) is 0.984. The average Bonchev–Trinajstić information content (AvgIpc) is 2.87. The Morgan fingerprint density at radius 2 is 1.29 bits per heavy atom. The first-order chi connectivity index (χ1) is 16.9. The number of benzene rings is 3. The molecule has 1 amide bonds. The van der Waals surface area contributed by atoms with Crippen LogP contribution in [0.5, 0.6) is 5.75 Å². The Morgan fingerprint density at radius 3 is 1.91 bits per heavy atom. The summed E-state index contributed by atoms with van der Waals surface area (Å²) in [5, 5.41) is 21.0. The van der Waals surface area contributed by atoms with Crippen LogP contribution in [0.1, 0.15) is 61.5 Å². The summed E-state index contributed by atoms with van der Waals surface area (Å²) in [5.74, 6) is -2.32. The zero-order valence-electron chi connectivity index (χ0n) is 19.4. The zero-order chi connectivity index (χ0) is 25.0. The fourth-order valence-corrected chi connectivity index (χ4v) is 3.62. The lowest BCUT2D eigenvalue weighted by Crippen LogP contribution is -2.26. The number of ether oxygens (including phenoxy) is 1. The lowest BCUT2D eigenvalue weighted by Gasteiger charge is -2.09. The van der Waals surface area contributed by atoms with Crippen molar-refractivity contribution in [2.24, 2.45) is 0 Å². The normalized spacial score (nSPS) is 10.5. The van der Waals surface area contributed by atoms with Gasteiger partial charge >= 0.3 is 11.9 Å². The van der Waals surface area contributed by atoms with Gasteiger partial charge in [0.05, 0.1) is 17.7 Å². The second-order valence-electron chi connectivity index (χ2n) is 8.20. The number of carbonyl (C=O) groups is 3. The van der Waals surface area contributed by atoms with Crippen LogP contribution in [0.15, 0.2) is 72.8 Å². The van der Waals surface area contributed by atoms with Crippen molar-refractivity contribution < 1.29 is 29.3 Å². The van der Waals surface area contributed by atoms with Crippen LogP contribution in [0.25, 0.3) is 0 Å². The predicted octanol–water partition coefficient (Wildman–Crippen LogP) is 4.85. The maximum Gasteiger partial charge on any atom is 0.335 e. The van der Waals surface area contributed by atoms with Gasteiger partial charge in [0.2, 0.25) is 0 Å². The van der Waals surface area contributed by atoms with Crippen molar-refractivity contribution in [3.8, 4) is 5.75 Å². The SMILES string of the molecule is O=C(O)c1cc(C(=O)O)cc(C(=O)NCCc2ccc(OCCCCCc3ccccc3)cc2)c1. The molecule has 0 aliphatic carbocycles. The summed E-state index contributed by atoms with van der Waals surface area (Å²) in [7, 11) is 0. The molecule has 3 rings (SSSR count). The lowest BCUT2D eigenvalue weighted by molar-refractivity contribution is 0.0696. The molecule has 0 aliphatic heterocycles. The van der Waals surface area contributed by atoms with E-state index in [0.717, 1.165) is 55.2 Å². The molecule has 0 saturated heterocycles. The number of hydrogen-bond donors (Lipinski definition) is 3. The number of amides is 1. The van der Waals surface area contributed by atoms with Crippen molar-refractivity contribution in [1.29, 1.82) is 0 Å². The van der Waals surface area contributed by atoms with E-state index in [0.29, 0.717) is 19.6 Å². The molecule has 0 atom stereocenters. The van der Waals surface area contributed by atoms with Crippen molar-refractivity contribution in [1.82, 2.24) is 5.32 Å². The van der Waals surface area contributed by atoms with E-state index in [9.17, 15) is 14.4 Å². The molecule has 7 heteroatoms. The van der Waals surface area contributed by atoms with Gasteiger partial charge in [0.25, 0.3) is 5.91 Å². The van der Waals surface area contributed by atoms with E-state index in [1.54, 1.807) is 0 Å². The van der Waals surface area contributed by atoms with Gasteiger partial charge in [0.1, 0.15) is 5.75 Å². The number of carbonyl (C=O) groups excluding carboxylic acids is 1. The Bertz CT molecular complexity index is 1110. The van der Waals surface area contributed by atoms with Gasteiger partial charge in [-0.05, 0) is 73.6 Å². The molecule has 0 aromatic heterocycles. The molecule has 0 fully saturated rings. The quantitative estimate of drug-likeness (QED) is 0.305. The molecule has 0 radical (unpaired) electrons. The van der Waals surface area contributed by atoms with Gasteiger partial charge in [0, 0.05) is 12.1 Å². The lowest BCUT2D eigenvalue weighted by atomic mass is 10.0. The van der Waals surface area contributed by atoms with Gasteiger partial charge in [-0.15, -0.1) is 0 Å². The van der Waals surface area contributed by atoms with Crippen LogP contribution in [0.3, 0.4) is 0 Å². The minimum atomic E-state index is -1.29. The fourth-order valence-electron chi connectivity index (χ4n) is 3.62. The summed E-state index contributed by atoms with van der Waals surface area (Å²) in [6, 6.07) is 21.5. The minimum absolute atomic E-state index is 0.00480. The molecule has 7 nitrogen and oxygen atoms in total. The summed E-state index contributed by atoms with van der Waals surface area (Å²) >= 11 is 0. The van der Waals surface area contributed by atoms with Gasteiger partial charge in [-0.25, -0.2) is 9.59 Å². The summed E-state index contributed by atoms with van der Waals surface area (Å²) in [4.78, 5) is 34.8. The molecule has 3 aromatic carbocycles. The molecular formula is C28H29NO6. The third-order valence-corrected chi connectivity index (χ3v) is 5.53. The third-order valence-electron chi connectivity index (χ3n) is 5.53. The number of nitrogens with one attached hydrogen (secondary N) is 1. The van der Waals surface area contributed by atoms with Gasteiger partial charge < -0.3 is 20.3 Å². The largest absolute Gasteiger partial charge is 0.494 e. The van der Waals surface area contributed by atoms with Crippen LogP contribution in [0.4, 0.5) is 0 Å². The van der Waals surface area contributed by atoms with Gasteiger partial charge in [-0.1, -0.05) is 42.5 Å². The van der Waals surface area contributed by atoms with E-state index >= 15 is 0 Å². The molecule has 0 heterocycles. The van der Waals surface area contributed by atoms with Crippen LogP contribution in [-0.4, -0.2) is 41.2 Å². The topological polar surface area (TPSA) is 113 Å². The molecule has 0 saturated carbocycles. The van der Waals surface area contributed by atoms with E-state index in [1.807, 2.05) is 30.3 Å². The Kier molecular flexibility index (Phi) is 9.42. The van der Waals surface area contributed by atoms with Gasteiger partial charge in [-0.2, -0.15) is 0 Å². The molecule has 0 spiro atoms. The predicted molar refractivity (Wildman–Crippen MR) is 132 cm³/mol. The highest BCUT2D eigenvalue weighted by Crippen LogP contribution is 2.15. The van der Waals surface area contributed by atoms with Crippen molar-refractivity contribution in [3.05, 3.63) is 101 Å². The molecule has 0 aliphatic rings. The Labute approximate surface area is 204 Å². The average molecular weight is 476 g/mol. The van der Waals surface area contributed by atoms with Gasteiger partial charge in [0.15, 0.2) is 0 Å². The standard InChI is InChI=1S/C28H29NO6/c30-26(22-17-23(27(31)32)19-24(18-22)28(33)34)29-15-14-21-10-12-25(13-11-21)35-16-6-2-5-9-20-7-3-1-4-8-20/h1,3-4,7-8,10-13,17-19H,2,5-6,9,14-16H2,(H,29,30)(H,31,32)(H,33,34). The first-order valence-electron chi connectivity index (χ1n) is 11.6. The zero-order valence-corrected chi connectivity index (χ0v) is 19.4. The molecule has 3 N–H and O–H groups in total. The van der Waals surface area contributed by atoms with Crippen LogP contribution in [0.2, 0.25) is 0 Å². The van der Waals surface area contributed by atoms with E-state index in [-0.39, 0.29) is 16.7 Å². The summed E-state index contributed by atoms with van der Waals surface area (Å²) < 4.78 is 5.81. The number of aromatic carboxylic acids is 2. The highest BCUT2D eigenvalue weighted by molar-refractivity contribution is 6.01. The number of carboxylic acids is 2. The molecular weight excluding hydrogens is 446 g/mol. The second kappa shape index (κ2) is 12.9. The van der Waals surface area contributed by atoms with E-state index < -0.39 is 17.8 Å². The number of hydrogen-bond acceptors (Lipinski definition) is 4. The molecule has 182 valence electrons. The number of aryl methyl sites for hydroxylation is 1. The summed E-state index contributed by atoms with van der Waals surface area (Å²) in [5.41, 5.74) is 1.86. The van der Waals surface area contributed by atoms with Crippen molar-refractivity contribution >= 4 is 17.8 Å². The monoisotopic (exact) mass is 475 g/mol. The van der Waals surface area contributed by atoms with Gasteiger partial charge in [-0.3, -0.25) is 4.79 Å². The number of unbranched alkanes of at least 4 members (excludes halogenated alkanes) is 2. The maximum atomic E-state index is 12.4. The smallest absolute Gasteiger partial charge is 0.335 e. The number of carboxylic acid groups (broad SMARTS) is 2. The Morgan fingerprint density at radius 1 is 0.686 bits per heavy atom. The highest BCUT2D eigenvalue weighted by atomic mass is 16.5. The molecule has 0 bridgehead atoms. The first-order valence-corrected chi connectivity index (χ1v) is 11.6. The minimum Gasteiger partial charge on any atom is -0.494 e. The van der Waals surface area contributed by atoms with E-state index in [4.69, 9.17) is 14.9 Å². The molecule has 35 heavy (non-hydrogen) atoms. The number of rotatable bonds is 13. The first kappa shape index (κ1) is 25.5. The molecule has 3 aromatic rings. The maximum absolute atomic E-state index is 12.4. The molecule has 0 unspecified atom stereocenters. The van der Waals surface area contributed by atoms with Crippen LogP contribution in [-0.2, 0) is 12.8 Å². The fraction of sp³-hybridized carbons (Fsp3) is 0.250. The van der Waals surface area contributed by atoms with Crippen molar-refractivity contribution in [3.63, 3.8) is 0 Å². The van der Waals surface area contributed by atoms with Crippen molar-refractivity contribution in [2.45, 2.75) is 32.1 Å². The van der Waals surface area contributed by atoms with Crippen LogP contribution >= 0.6 is 0 Å². The van der Waals surface area contributed by atoms with E-state index in [1.165, 1.54) is 5.56 Å². The Hall–Kier alpha value is -4.13.